The van der Waals surface area contributed by atoms with Crippen LogP contribution in [0.2, 0.25) is 0 Å². The van der Waals surface area contributed by atoms with Crippen LogP contribution < -0.4 is 36.0 Å². The molecule has 0 bridgehead atoms. The minimum absolute atomic E-state index is 0.0523. The van der Waals surface area contributed by atoms with Gasteiger partial charge in [0.25, 0.3) is 6.71 Å². The van der Waals surface area contributed by atoms with Gasteiger partial charge >= 0.3 is 0 Å². The number of anilines is 12. The molecule has 0 aliphatic carbocycles. The minimum Gasteiger partial charge on any atom is -0.456 e. The molecule has 93 heavy (non-hydrogen) atoms. The molecule has 0 spiro atoms. The summed E-state index contributed by atoms with van der Waals surface area (Å²) in [5, 5.41) is 11.5. The average molecular weight is 1200 g/mol. The van der Waals surface area contributed by atoms with Crippen LogP contribution in [-0.4, -0.2) is 6.71 Å². The van der Waals surface area contributed by atoms with E-state index in [2.05, 4.69) is 340 Å². The van der Waals surface area contributed by atoms with Crippen LogP contribution in [0.15, 0.2) is 294 Å². The number of fused-ring (bicyclic) bond motifs is 14. The highest BCUT2D eigenvalue weighted by molar-refractivity contribution is 7.00. The second-order valence-electron chi connectivity index (χ2n) is 27.4. The molecule has 18 rings (SSSR count). The van der Waals surface area contributed by atoms with E-state index < -0.39 is 0 Å². The van der Waals surface area contributed by atoms with Gasteiger partial charge in [0, 0.05) is 90.2 Å². The van der Waals surface area contributed by atoms with Crippen molar-refractivity contribution >= 4 is 168 Å². The van der Waals surface area contributed by atoms with Crippen molar-refractivity contribution in [2.75, 3.05) is 19.6 Å². The van der Waals surface area contributed by atoms with E-state index in [1.165, 1.54) is 59.8 Å². The van der Waals surface area contributed by atoms with E-state index in [1.54, 1.807) is 0 Å². The molecule has 0 fully saturated rings. The Kier molecular flexibility index (Phi) is 12.1. The zero-order chi connectivity index (χ0) is 62.4. The molecule has 4 heterocycles. The molecule has 2 aliphatic rings. The predicted molar refractivity (Wildman–Crippen MR) is 394 cm³/mol. The maximum Gasteiger partial charge on any atom is 0.252 e. The molecular formula is C86H65BN4O2. The molecule has 2 aromatic heterocycles. The molecule has 14 aromatic carbocycles. The molecule has 0 saturated heterocycles. The molecule has 0 radical (unpaired) electrons. The fourth-order valence-corrected chi connectivity index (χ4v) is 15.0. The summed E-state index contributed by atoms with van der Waals surface area (Å²) in [4.78, 5) is 10.0. The fourth-order valence-electron chi connectivity index (χ4n) is 15.0. The van der Waals surface area contributed by atoms with E-state index in [0.29, 0.717) is 0 Å². The largest absolute Gasteiger partial charge is 0.456 e. The molecule has 0 unspecified atom stereocenters. The van der Waals surface area contributed by atoms with Crippen LogP contribution in [-0.2, 0) is 10.8 Å². The smallest absolute Gasteiger partial charge is 0.252 e. The van der Waals surface area contributed by atoms with E-state index in [9.17, 15) is 0 Å². The van der Waals surface area contributed by atoms with Crippen molar-refractivity contribution in [2.45, 2.75) is 52.4 Å². The van der Waals surface area contributed by atoms with Gasteiger partial charge in [-0.3, -0.25) is 0 Å². The van der Waals surface area contributed by atoms with E-state index in [-0.39, 0.29) is 17.5 Å². The molecular weight excluding hydrogens is 1130 g/mol. The van der Waals surface area contributed by atoms with E-state index >= 15 is 0 Å². The van der Waals surface area contributed by atoms with Gasteiger partial charge in [-0.25, -0.2) is 0 Å². The predicted octanol–water partition coefficient (Wildman–Crippen LogP) is 22.6. The Balaban J connectivity index is 0.957. The number of nitrogens with zero attached hydrogens (tertiary/aromatic N) is 4. The highest BCUT2D eigenvalue weighted by Crippen LogP contribution is 2.51. The molecule has 16 aromatic rings. The minimum atomic E-state index is -0.226. The lowest BCUT2D eigenvalue weighted by atomic mass is 9.33. The van der Waals surface area contributed by atoms with Crippen LogP contribution in [0.3, 0.4) is 0 Å². The van der Waals surface area contributed by atoms with Crippen LogP contribution in [0.4, 0.5) is 68.2 Å². The van der Waals surface area contributed by atoms with E-state index in [1.807, 2.05) is 6.07 Å². The quantitative estimate of drug-likeness (QED) is 0.112. The standard InChI is InChI=1S/C86H65BN4O2/c1-85(2,3)58-32-38-61(39-33-58)90-76-49-66(89(65-43-45-82-72(48-65)69-24-14-16-26-80(69)92-82)64-37-31-56-29-28-55-19-12-13-23-68(55)71(56)47-64)42-44-74(76)87-75-52-73-70-25-15-17-27-81(70)93-83(73)53-77(75)91(62-40-34-59(35-41-62)86(4,5)6)79-51-67(50-78(90)84(79)87)88(60-21-8-7-9-22-60)63-36-30-54-18-10-11-20-57(54)46-63/h7-53H,1-6H3. The number of para-hydroxylation sites is 3. The summed E-state index contributed by atoms with van der Waals surface area (Å²) in [6, 6.07) is 106. The van der Waals surface area contributed by atoms with Gasteiger partial charge in [0.15, 0.2) is 0 Å². The Labute approximate surface area is 541 Å². The van der Waals surface area contributed by atoms with Gasteiger partial charge in [-0.15, -0.1) is 0 Å². The normalized spacial score (nSPS) is 13.0. The lowest BCUT2D eigenvalue weighted by molar-refractivity contribution is 0.590. The van der Waals surface area contributed by atoms with Crippen LogP contribution >= 0.6 is 0 Å². The van der Waals surface area contributed by atoms with Crippen molar-refractivity contribution in [1.82, 2.24) is 0 Å². The van der Waals surface area contributed by atoms with Crippen molar-refractivity contribution < 1.29 is 8.83 Å². The topological polar surface area (TPSA) is 39.2 Å². The monoisotopic (exact) mass is 1200 g/mol. The molecule has 7 heteroatoms. The van der Waals surface area contributed by atoms with Crippen molar-refractivity contribution in [3.8, 4) is 0 Å². The summed E-state index contributed by atoms with van der Waals surface area (Å²) in [6.45, 7) is 13.5. The van der Waals surface area contributed by atoms with Gasteiger partial charge in [0.05, 0.1) is 5.69 Å². The summed E-state index contributed by atoms with van der Waals surface area (Å²) in [5.41, 5.74) is 22.2. The summed E-state index contributed by atoms with van der Waals surface area (Å²) in [7, 11) is 0. The van der Waals surface area contributed by atoms with Gasteiger partial charge < -0.3 is 28.4 Å². The first-order valence-electron chi connectivity index (χ1n) is 32.4. The van der Waals surface area contributed by atoms with Gasteiger partial charge in [0.1, 0.15) is 22.3 Å². The second kappa shape index (κ2) is 20.6. The van der Waals surface area contributed by atoms with Gasteiger partial charge in [-0.05, 0) is 186 Å². The van der Waals surface area contributed by atoms with Crippen molar-refractivity contribution in [3.63, 3.8) is 0 Å². The van der Waals surface area contributed by atoms with E-state index in [4.69, 9.17) is 8.83 Å². The first kappa shape index (κ1) is 54.6. The fraction of sp³-hybridized carbons (Fsp3) is 0.0930. The van der Waals surface area contributed by atoms with Gasteiger partial charge in [0.2, 0.25) is 0 Å². The Morgan fingerprint density at radius 2 is 0.720 bits per heavy atom. The van der Waals surface area contributed by atoms with E-state index in [0.717, 1.165) is 112 Å². The highest BCUT2D eigenvalue weighted by atomic mass is 16.3. The number of furan rings is 2. The summed E-state index contributed by atoms with van der Waals surface area (Å²) >= 11 is 0. The lowest BCUT2D eigenvalue weighted by Crippen LogP contribution is -2.61. The molecule has 0 N–H and O–H groups in total. The van der Waals surface area contributed by atoms with Crippen molar-refractivity contribution in [2.24, 2.45) is 0 Å². The zero-order valence-corrected chi connectivity index (χ0v) is 52.8. The Bertz CT molecular complexity index is 5700. The third-order valence-corrected chi connectivity index (χ3v) is 19.6. The first-order chi connectivity index (χ1) is 45.3. The number of hydrogen-bond donors (Lipinski definition) is 0. The highest BCUT2D eigenvalue weighted by Gasteiger charge is 2.45. The third kappa shape index (κ3) is 8.85. The first-order valence-corrected chi connectivity index (χ1v) is 32.4. The zero-order valence-electron chi connectivity index (χ0n) is 52.8. The summed E-state index contributed by atoms with van der Waals surface area (Å²) in [5.74, 6) is 0. The molecule has 0 amide bonds. The molecule has 0 atom stereocenters. The average Bonchev–Trinajstić information content (AvgIpc) is 0.974. The van der Waals surface area contributed by atoms with Crippen LogP contribution in [0.25, 0.3) is 76.2 Å². The molecule has 444 valence electrons. The van der Waals surface area contributed by atoms with Gasteiger partial charge in [-0.1, -0.05) is 205 Å². The Hall–Kier alpha value is -11.3. The Morgan fingerprint density at radius 1 is 0.280 bits per heavy atom. The van der Waals surface area contributed by atoms with Crippen LogP contribution in [0.1, 0.15) is 52.7 Å². The number of benzene rings is 14. The van der Waals surface area contributed by atoms with Crippen LogP contribution in [0, 0.1) is 0 Å². The second-order valence-corrected chi connectivity index (χ2v) is 27.4. The SMILES string of the molecule is CC(C)(C)c1ccc(N2c3cc(N(c4ccc5ccc6ccccc6c5c4)c4ccc5oc6ccccc6c5c4)ccc3B3c4cc5c(cc4N(c4ccc(C(C)(C)C)cc4)c4cc(N(c6ccccc6)c6ccc7ccccc7c6)cc2c43)oc2ccccc25)cc1. The van der Waals surface area contributed by atoms with Crippen LogP contribution in [0.5, 0.6) is 0 Å². The Morgan fingerprint density at radius 3 is 1.37 bits per heavy atom. The third-order valence-electron chi connectivity index (χ3n) is 19.6. The van der Waals surface area contributed by atoms with Crippen molar-refractivity contribution in [1.29, 1.82) is 0 Å². The van der Waals surface area contributed by atoms with Crippen molar-refractivity contribution in [3.05, 3.63) is 296 Å². The maximum atomic E-state index is 6.92. The maximum absolute atomic E-state index is 6.92. The van der Waals surface area contributed by atoms with Gasteiger partial charge in [-0.2, -0.15) is 0 Å². The molecule has 0 saturated carbocycles. The molecule has 2 aliphatic heterocycles. The number of rotatable bonds is 8. The molecule has 6 nitrogen and oxygen atoms in total. The summed E-state index contributed by atoms with van der Waals surface area (Å²) in [6.07, 6.45) is 0. The summed E-state index contributed by atoms with van der Waals surface area (Å²) < 4.78 is 13.5. The lowest BCUT2D eigenvalue weighted by Gasteiger charge is -2.45. The number of hydrogen-bond acceptors (Lipinski definition) is 6.